The Morgan fingerprint density at radius 3 is 2.50 bits per heavy atom. The fourth-order valence-corrected chi connectivity index (χ4v) is 1.89. The maximum atomic E-state index is 11.9. The van der Waals surface area contributed by atoms with E-state index in [2.05, 4.69) is 25.9 Å². The van der Waals surface area contributed by atoms with Gasteiger partial charge in [-0.15, -0.1) is 24.0 Å². The largest absolute Gasteiger partial charge is 0.444 e. The second-order valence-electron chi connectivity index (χ2n) is 4.94. The molecule has 0 saturated heterocycles. The van der Waals surface area contributed by atoms with E-state index in [4.69, 9.17) is 4.42 Å². The Hall–Kier alpha value is -2.10. The lowest BCUT2D eigenvalue weighted by Crippen LogP contribution is -2.41. The Bertz CT molecular complexity index is 666. The monoisotopic (exact) mass is 443 g/mol. The first-order valence-corrected chi connectivity index (χ1v) is 7.31. The number of carbonyl (C=O) groups excluding carboxylic acids is 1. The van der Waals surface area contributed by atoms with Crippen LogP contribution in [0.2, 0.25) is 0 Å². The van der Waals surface area contributed by atoms with Crippen molar-refractivity contribution in [1.82, 2.24) is 15.6 Å². The molecule has 3 N–H and O–H groups in total. The summed E-state index contributed by atoms with van der Waals surface area (Å²) in [7, 11) is 1.64. The minimum absolute atomic E-state index is 0. The number of anilines is 1. The van der Waals surface area contributed by atoms with Crippen LogP contribution in [0.3, 0.4) is 0 Å². The summed E-state index contributed by atoms with van der Waals surface area (Å²) in [5.41, 5.74) is 1.62. The second-order valence-corrected chi connectivity index (χ2v) is 4.94. The van der Waals surface area contributed by atoms with Crippen molar-refractivity contribution >= 4 is 41.5 Å². The van der Waals surface area contributed by atoms with Crippen LogP contribution < -0.4 is 16.0 Å². The van der Waals surface area contributed by atoms with Gasteiger partial charge in [0.2, 0.25) is 11.8 Å². The van der Waals surface area contributed by atoms with Crippen LogP contribution >= 0.6 is 24.0 Å². The summed E-state index contributed by atoms with van der Waals surface area (Å²) in [6, 6.07) is 9.29. The van der Waals surface area contributed by atoms with Gasteiger partial charge in [0.05, 0.1) is 18.8 Å². The first kappa shape index (κ1) is 19.9. The van der Waals surface area contributed by atoms with Crippen molar-refractivity contribution in [3.05, 3.63) is 47.7 Å². The number of guanidine groups is 1. The normalized spacial score (nSPS) is 10.7. The summed E-state index contributed by atoms with van der Waals surface area (Å²) >= 11 is 0. The minimum Gasteiger partial charge on any atom is -0.444 e. The molecule has 2 rings (SSSR count). The number of hydrogen-bond donors (Lipinski definition) is 3. The van der Waals surface area contributed by atoms with Crippen molar-refractivity contribution in [3.63, 3.8) is 0 Å². The molecule has 1 aromatic carbocycles. The van der Waals surface area contributed by atoms with Crippen molar-refractivity contribution in [1.29, 1.82) is 0 Å². The average Bonchev–Trinajstić information content (AvgIpc) is 2.87. The highest BCUT2D eigenvalue weighted by molar-refractivity contribution is 14.0. The Morgan fingerprint density at radius 2 is 1.92 bits per heavy atom. The summed E-state index contributed by atoms with van der Waals surface area (Å²) < 4.78 is 5.48. The lowest BCUT2D eigenvalue weighted by atomic mass is 10.3. The molecule has 2 aromatic rings. The van der Waals surface area contributed by atoms with Crippen LogP contribution in [0.5, 0.6) is 0 Å². The molecule has 1 amide bonds. The molecule has 0 aliphatic heterocycles. The van der Waals surface area contributed by atoms with Crippen molar-refractivity contribution in [2.75, 3.05) is 18.9 Å². The molecule has 0 unspecified atom stereocenters. The predicted molar refractivity (Wildman–Crippen MR) is 105 cm³/mol. The number of rotatable bonds is 5. The third-order valence-electron chi connectivity index (χ3n) is 3.18. The summed E-state index contributed by atoms with van der Waals surface area (Å²) in [6.45, 7) is 4.27. The Balaban J connectivity index is 0.00000288. The number of amides is 1. The maximum absolute atomic E-state index is 11.9. The average molecular weight is 443 g/mol. The molecule has 0 bridgehead atoms. The number of aliphatic imine (C=N–C) groups is 1. The van der Waals surface area contributed by atoms with E-state index in [1.807, 2.05) is 44.2 Å². The van der Waals surface area contributed by atoms with Gasteiger partial charge in [-0.3, -0.25) is 9.79 Å². The molecule has 8 heteroatoms. The number of aryl methyl sites for hydroxylation is 2. The first-order valence-electron chi connectivity index (χ1n) is 7.31. The molecule has 24 heavy (non-hydrogen) atoms. The number of halogens is 1. The molecule has 7 nitrogen and oxygen atoms in total. The number of aromatic nitrogens is 1. The molecule has 0 aliphatic rings. The number of nitrogens with one attached hydrogen (secondary N) is 3. The maximum Gasteiger partial charge on any atom is 0.243 e. The van der Waals surface area contributed by atoms with Crippen LogP contribution in [0.25, 0.3) is 0 Å². The SMILES string of the molecule is CN=C(NCC(=O)Nc1ccccc1)NCc1nc(C)c(C)o1.I. The standard InChI is InChI=1S/C16H21N5O2.HI/c1-11-12(2)23-15(20-11)10-19-16(17-3)18-9-14(22)21-13-7-5-4-6-8-13;/h4-8H,9-10H2,1-3H3,(H,21,22)(H2,17,18,19);1H. The van der Waals surface area contributed by atoms with E-state index in [1.165, 1.54) is 0 Å². The second kappa shape index (κ2) is 9.91. The van der Waals surface area contributed by atoms with Crippen molar-refractivity contribution in [3.8, 4) is 0 Å². The predicted octanol–water partition coefficient (Wildman–Crippen LogP) is 2.21. The van der Waals surface area contributed by atoms with Gasteiger partial charge in [-0.25, -0.2) is 4.98 Å². The molecular weight excluding hydrogens is 421 g/mol. The van der Waals surface area contributed by atoms with Crippen LogP contribution in [0.4, 0.5) is 5.69 Å². The summed E-state index contributed by atoms with van der Waals surface area (Å²) in [4.78, 5) is 20.2. The molecule has 0 saturated carbocycles. The van der Waals surface area contributed by atoms with Crippen LogP contribution in [-0.2, 0) is 11.3 Å². The van der Waals surface area contributed by atoms with E-state index in [0.717, 1.165) is 17.1 Å². The molecule has 1 heterocycles. The van der Waals surface area contributed by atoms with E-state index in [-0.39, 0.29) is 36.4 Å². The summed E-state index contributed by atoms with van der Waals surface area (Å²) in [5.74, 6) is 1.73. The molecular formula is C16H22IN5O2. The van der Waals surface area contributed by atoms with Gasteiger partial charge in [-0.05, 0) is 26.0 Å². The molecule has 0 atom stereocenters. The van der Waals surface area contributed by atoms with Gasteiger partial charge in [-0.1, -0.05) is 18.2 Å². The third-order valence-corrected chi connectivity index (χ3v) is 3.18. The zero-order chi connectivity index (χ0) is 16.7. The van der Waals surface area contributed by atoms with Crippen LogP contribution in [0, 0.1) is 13.8 Å². The fourth-order valence-electron chi connectivity index (χ4n) is 1.89. The number of hydrogen-bond acceptors (Lipinski definition) is 4. The number of para-hydroxylation sites is 1. The molecule has 1 aromatic heterocycles. The number of nitrogens with zero attached hydrogens (tertiary/aromatic N) is 2. The highest BCUT2D eigenvalue weighted by Crippen LogP contribution is 2.07. The Kier molecular flexibility index (Phi) is 8.24. The van der Waals surface area contributed by atoms with E-state index in [0.29, 0.717) is 18.4 Å². The quantitative estimate of drug-likeness (QED) is 0.375. The topological polar surface area (TPSA) is 91.5 Å². The van der Waals surface area contributed by atoms with E-state index in [9.17, 15) is 4.79 Å². The van der Waals surface area contributed by atoms with Gasteiger partial charge in [0.25, 0.3) is 0 Å². The Labute approximate surface area is 158 Å². The van der Waals surface area contributed by atoms with Gasteiger partial charge in [0.1, 0.15) is 5.76 Å². The molecule has 130 valence electrons. The van der Waals surface area contributed by atoms with Gasteiger partial charge >= 0.3 is 0 Å². The minimum atomic E-state index is -0.151. The van der Waals surface area contributed by atoms with Gasteiger partial charge in [0.15, 0.2) is 5.96 Å². The number of carbonyl (C=O) groups is 1. The zero-order valence-electron chi connectivity index (χ0n) is 13.9. The molecule has 0 aliphatic carbocycles. The van der Waals surface area contributed by atoms with Gasteiger partial charge < -0.3 is 20.4 Å². The smallest absolute Gasteiger partial charge is 0.243 e. The van der Waals surface area contributed by atoms with Crippen molar-refractivity contribution in [2.45, 2.75) is 20.4 Å². The number of oxazole rings is 1. The van der Waals surface area contributed by atoms with Crippen LogP contribution in [-0.4, -0.2) is 30.4 Å². The molecule has 0 fully saturated rings. The fraction of sp³-hybridized carbons (Fsp3) is 0.312. The van der Waals surface area contributed by atoms with Crippen LogP contribution in [0.1, 0.15) is 17.3 Å². The van der Waals surface area contributed by atoms with E-state index < -0.39 is 0 Å². The van der Waals surface area contributed by atoms with Crippen molar-refractivity contribution < 1.29 is 9.21 Å². The summed E-state index contributed by atoms with van der Waals surface area (Å²) in [5, 5.41) is 8.78. The lowest BCUT2D eigenvalue weighted by molar-refractivity contribution is -0.115. The molecule has 0 radical (unpaired) electrons. The lowest BCUT2D eigenvalue weighted by Gasteiger charge is -2.10. The van der Waals surface area contributed by atoms with Gasteiger partial charge in [0, 0.05) is 12.7 Å². The third kappa shape index (κ3) is 6.19. The van der Waals surface area contributed by atoms with Gasteiger partial charge in [-0.2, -0.15) is 0 Å². The summed E-state index contributed by atoms with van der Waals surface area (Å²) in [6.07, 6.45) is 0. The van der Waals surface area contributed by atoms with Crippen LogP contribution in [0.15, 0.2) is 39.7 Å². The highest BCUT2D eigenvalue weighted by Gasteiger charge is 2.07. The first-order chi connectivity index (χ1) is 11.1. The molecule has 0 spiro atoms. The highest BCUT2D eigenvalue weighted by atomic mass is 127. The number of benzene rings is 1. The zero-order valence-corrected chi connectivity index (χ0v) is 16.3. The Morgan fingerprint density at radius 1 is 1.21 bits per heavy atom. The van der Waals surface area contributed by atoms with E-state index in [1.54, 1.807) is 7.05 Å². The van der Waals surface area contributed by atoms with Crippen molar-refractivity contribution in [2.24, 2.45) is 4.99 Å². The van der Waals surface area contributed by atoms with E-state index >= 15 is 0 Å².